The van der Waals surface area contributed by atoms with Crippen LogP contribution in [0.4, 0.5) is 4.39 Å². The quantitative estimate of drug-likeness (QED) is 0.674. The molecule has 0 aliphatic carbocycles. The van der Waals surface area contributed by atoms with Crippen LogP contribution < -0.4 is 0 Å². The molecular weight excluding hydrogens is 385 g/mol. The van der Waals surface area contributed by atoms with E-state index < -0.39 is 5.82 Å². The van der Waals surface area contributed by atoms with Gasteiger partial charge in [-0.05, 0) is 23.6 Å². The minimum Gasteiger partial charge on any atom is -0.335 e. The fourth-order valence-corrected chi connectivity index (χ4v) is 4.48. The summed E-state index contributed by atoms with van der Waals surface area (Å²) in [5.74, 6) is -0.997. The maximum atomic E-state index is 13.8. The van der Waals surface area contributed by atoms with Gasteiger partial charge in [0.25, 0.3) is 11.8 Å². The van der Waals surface area contributed by atoms with Crippen molar-refractivity contribution in [3.8, 4) is 10.6 Å². The number of carbonyl (C=O) groups excluding carboxylic acids is 2. The highest BCUT2D eigenvalue weighted by Gasteiger charge is 2.27. The van der Waals surface area contributed by atoms with E-state index in [1.807, 2.05) is 16.8 Å². The fraction of sp³-hybridized carbons (Fsp3) is 0.211. The van der Waals surface area contributed by atoms with Crippen LogP contribution in [0.25, 0.3) is 10.6 Å². The number of thiophene rings is 1. The molecule has 3 aromatic rings. The number of hydrogen-bond acceptors (Lipinski definition) is 5. The van der Waals surface area contributed by atoms with Crippen molar-refractivity contribution in [1.82, 2.24) is 14.8 Å². The average Bonchev–Trinajstić information content (AvgIpc) is 3.39. The smallest absolute Gasteiger partial charge is 0.273 e. The van der Waals surface area contributed by atoms with Gasteiger partial charge in [-0.25, -0.2) is 9.37 Å². The second-order valence-corrected chi connectivity index (χ2v) is 7.75. The van der Waals surface area contributed by atoms with Gasteiger partial charge in [-0.3, -0.25) is 9.59 Å². The summed E-state index contributed by atoms with van der Waals surface area (Å²) in [7, 11) is 0. The number of benzene rings is 1. The third-order valence-electron chi connectivity index (χ3n) is 4.45. The van der Waals surface area contributed by atoms with Gasteiger partial charge in [-0.2, -0.15) is 11.3 Å². The van der Waals surface area contributed by atoms with Gasteiger partial charge in [0.2, 0.25) is 0 Å². The molecule has 1 aliphatic rings. The van der Waals surface area contributed by atoms with E-state index >= 15 is 0 Å². The van der Waals surface area contributed by atoms with Crippen molar-refractivity contribution in [3.63, 3.8) is 0 Å². The van der Waals surface area contributed by atoms with Gasteiger partial charge in [0.1, 0.15) is 16.5 Å². The first kappa shape index (κ1) is 17.8. The Labute approximate surface area is 163 Å². The zero-order valence-corrected chi connectivity index (χ0v) is 15.9. The Morgan fingerprint density at radius 2 is 1.67 bits per heavy atom. The molecule has 1 aliphatic heterocycles. The van der Waals surface area contributed by atoms with Crippen molar-refractivity contribution in [1.29, 1.82) is 0 Å². The molecule has 0 N–H and O–H groups in total. The van der Waals surface area contributed by atoms with Gasteiger partial charge < -0.3 is 9.80 Å². The van der Waals surface area contributed by atoms with Crippen LogP contribution >= 0.6 is 22.7 Å². The first-order valence-electron chi connectivity index (χ1n) is 8.44. The standard InChI is InChI=1S/C19H16FN3O2S2/c20-15-4-2-1-3-14(15)18(24)22-6-8-23(9-7-22)19(25)16-12-27-17(21-16)13-5-10-26-11-13/h1-5,10-12H,6-9H2. The van der Waals surface area contributed by atoms with Crippen LogP contribution in [0.15, 0.2) is 46.5 Å². The Balaban J connectivity index is 1.40. The summed E-state index contributed by atoms with van der Waals surface area (Å²) in [4.78, 5) is 32.9. The summed E-state index contributed by atoms with van der Waals surface area (Å²) in [5.41, 5.74) is 1.51. The lowest BCUT2D eigenvalue weighted by Crippen LogP contribution is -2.50. The van der Waals surface area contributed by atoms with E-state index in [1.165, 1.54) is 23.5 Å². The van der Waals surface area contributed by atoms with E-state index in [2.05, 4.69) is 4.98 Å². The molecule has 0 spiro atoms. The minimum absolute atomic E-state index is 0.0668. The number of nitrogens with zero attached hydrogens (tertiary/aromatic N) is 3. The number of aromatic nitrogens is 1. The number of rotatable bonds is 3. The van der Waals surface area contributed by atoms with Gasteiger partial charge in [-0.1, -0.05) is 12.1 Å². The van der Waals surface area contributed by atoms with E-state index in [0.717, 1.165) is 10.6 Å². The SMILES string of the molecule is O=C(c1csc(-c2ccsc2)n1)N1CCN(C(=O)c2ccccc2F)CC1. The summed E-state index contributed by atoms with van der Waals surface area (Å²) in [6, 6.07) is 7.94. The zero-order valence-electron chi connectivity index (χ0n) is 14.3. The van der Waals surface area contributed by atoms with E-state index in [0.29, 0.717) is 31.9 Å². The van der Waals surface area contributed by atoms with Crippen LogP contribution in [0.2, 0.25) is 0 Å². The van der Waals surface area contributed by atoms with Crippen LogP contribution in [0, 0.1) is 5.82 Å². The summed E-state index contributed by atoms with van der Waals surface area (Å²) >= 11 is 3.04. The maximum Gasteiger partial charge on any atom is 0.273 e. The molecule has 0 radical (unpaired) electrons. The molecule has 8 heteroatoms. The number of carbonyl (C=O) groups is 2. The van der Waals surface area contributed by atoms with Crippen molar-refractivity contribution in [2.45, 2.75) is 0 Å². The van der Waals surface area contributed by atoms with Crippen LogP contribution in [0.5, 0.6) is 0 Å². The molecular formula is C19H16FN3O2S2. The number of halogens is 1. The molecule has 0 atom stereocenters. The Kier molecular flexibility index (Phi) is 5.00. The lowest BCUT2D eigenvalue weighted by atomic mass is 10.1. The molecule has 1 saturated heterocycles. The largest absolute Gasteiger partial charge is 0.335 e. The number of thiazole rings is 1. The molecule has 1 fully saturated rings. The topological polar surface area (TPSA) is 53.5 Å². The Morgan fingerprint density at radius 3 is 2.33 bits per heavy atom. The summed E-state index contributed by atoms with van der Waals surface area (Å²) in [5, 5.41) is 6.57. The molecule has 4 rings (SSSR count). The third kappa shape index (κ3) is 3.63. The molecule has 1 aromatic carbocycles. The molecule has 5 nitrogen and oxygen atoms in total. The number of hydrogen-bond donors (Lipinski definition) is 0. The molecule has 2 amide bonds. The molecule has 3 heterocycles. The Hall–Kier alpha value is -2.58. The second kappa shape index (κ2) is 7.58. The van der Waals surface area contributed by atoms with Crippen LogP contribution in [-0.2, 0) is 0 Å². The average molecular weight is 401 g/mol. The van der Waals surface area contributed by atoms with Crippen molar-refractivity contribution >= 4 is 34.5 Å². The van der Waals surface area contributed by atoms with E-state index in [9.17, 15) is 14.0 Å². The fourth-order valence-electron chi connectivity index (χ4n) is 2.97. The highest BCUT2D eigenvalue weighted by Crippen LogP contribution is 2.26. The highest BCUT2D eigenvalue weighted by atomic mass is 32.1. The highest BCUT2D eigenvalue weighted by molar-refractivity contribution is 7.14. The normalized spacial score (nSPS) is 14.4. The van der Waals surface area contributed by atoms with Gasteiger partial charge in [0, 0.05) is 42.5 Å². The monoisotopic (exact) mass is 401 g/mol. The lowest BCUT2D eigenvalue weighted by Gasteiger charge is -2.34. The molecule has 0 saturated carbocycles. The molecule has 27 heavy (non-hydrogen) atoms. The van der Waals surface area contributed by atoms with Crippen LogP contribution in [-0.4, -0.2) is 52.8 Å². The molecule has 0 bridgehead atoms. The minimum atomic E-state index is -0.524. The van der Waals surface area contributed by atoms with Gasteiger partial charge >= 0.3 is 0 Å². The van der Waals surface area contributed by atoms with Gasteiger partial charge in [-0.15, -0.1) is 11.3 Å². The predicted octanol–water partition coefficient (Wildman–Crippen LogP) is 3.61. The van der Waals surface area contributed by atoms with Crippen LogP contribution in [0.3, 0.4) is 0 Å². The lowest BCUT2D eigenvalue weighted by molar-refractivity contribution is 0.0530. The van der Waals surface area contributed by atoms with E-state index in [4.69, 9.17) is 0 Å². The second-order valence-electron chi connectivity index (χ2n) is 6.11. The number of amides is 2. The first-order valence-corrected chi connectivity index (χ1v) is 10.3. The number of piperazine rings is 1. The van der Waals surface area contributed by atoms with Crippen molar-refractivity contribution < 1.29 is 14.0 Å². The van der Waals surface area contributed by atoms with E-state index in [-0.39, 0.29) is 17.4 Å². The maximum absolute atomic E-state index is 13.8. The zero-order chi connectivity index (χ0) is 18.8. The van der Waals surface area contributed by atoms with Crippen molar-refractivity contribution in [2.24, 2.45) is 0 Å². The molecule has 138 valence electrons. The summed E-state index contributed by atoms with van der Waals surface area (Å²) in [6.07, 6.45) is 0. The van der Waals surface area contributed by atoms with Gasteiger partial charge in [0.05, 0.1) is 5.56 Å². The predicted molar refractivity (Wildman–Crippen MR) is 104 cm³/mol. The Morgan fingerprint density at radius 1 is 0.963 bits per heavy atom. The van der Waals surface area contributed by atoms with Gasteiger partial charge in [0.15, 0.2) is 0 Å². The Bertz CT molecular complexity index is 963. The molecule has 0 unspecified atom stereocenters. The van der Waals surface area contributed by atoms with E-state index in [1.54, 1.807) is 38.6 Å². The summed E-state index contributed by atoms with van der Waals surface area (Å²) < 4.78 is 13.8. The summed E-state index contributed by atoms with van der Waals surface area (Å²) in [6.45, 7) is 1.57. The first-order chi connectivity index (χ1) is 13.1. The third-order valence-corrected chi connectivity index (χ3v) is 6.02. The molecule has 2 aromatic heterocycles. The van der Waals surface area contributed by atoms with Crippen molar-refractivity contribution in [2.75, 3.05) is 26.2 Å². The van der Waals surface area contributed by atoms with Crippen molar-refractivity contribution in [3.05, 3.63) is 63.5 Å². The van der Waals surface area contributed by atoms with Crippen LogP contribution in [0.1, 0.15) is 20.8 Å².